The Bertz CT molecular complexity index is 632. The number of thiocarbonyl (C=S) groups is 1. The molecule has 2 rings (SSSR count). The van der Waals surface area contributed by atoms with Crippen molar-refractivity contribution in [3.8, 4) is 5.75 Å². The van der Waals surface area contributed by atoms with E-state index in [4.69, 9.17) is 21.7 Å². The molecule has 24 heavy (non-hydrogen) atoms. The van der Waals surface area contributed by atoms with E-state index in [1.54, 1.807) is 18.4 Å². The molecule has 1 aromatic carbocycles. The van der Waals surface area contributed by atoms with Crippen LogP contribution in [0.3, 0.4) is 0 Å². The highest BCUT2D eigenvalue weighted by molar-refractivity contribution is 7.80. The Morgan fingerprint density at radius 1 is 1.29 bits per heavy atom. The molecule has 130 valence electrons. The van der Waals surface area contributed by atoms with Crippen LogP contribution >= 0.6 is 23.6 Å². The van der Waals surface area contributed by atoms with Crippen LogP contribution in [0.15, 0.2) is 41.8 Å². The highest BCUT2D eigenvalue weighted by Gasteiger charge is 2.20. The Hall–Kier alpha value is -1.63. The summed E-state index contributed by atoms with van der Waals surface area (Å²) in [7, 11) is 1.70. The number of nitrogens with zero attached hydrogens (tertiary/aromatic N) is 1. The van der Waals surface area contributed by atoms with E-state index in [-0.39, 0.29) is 6.04 Å². The number of hydrogen-bond acceptors (Lipinski definition) is 4. The van der Waals surface area contributed by atoms with Gasteiger partial charge in [0.25, 0.3) is 0 Å². The lowest BCUT2D eigenvalue weighted by atomic mass is 10.2. The van der Waals surface area contributed by atoms with Crippen molar-refractivity contribution in [2.75, 3.05) is 32.2 Å². The molecule has 0 amide bonds. The average Bonchev–Trinajstić information content (AvgIpc) is 3.11. The SMILES string of the molecule is CCOc1ccccc1NC(=S)N(CCOC)[C@H](C)c1cccs1. The minimum Gasteiger partial charge on any atom is -0.492 e. The minimum atomic E-state index is 0.180. The highest BCUT2D eigenvalue weighted by Crippen LogP contribution is 2.28. The molecule has 4 nitrogen and oxygen atoms in total. The van der Waals surface area contributed by atoms with E-state index in [9.17, 15) is 0 Å². The molecule has 1 aromatic heterocycles. The van der Waals surface area contributed by atoms with Crippen molar-refractivity contribution >= 4 is 34.4 Å². The quantitative estimate of drug-likeness (QED) is 0.695. The molecule has 0 spiro atoms. The van der Waals surface area contributed by atoms with E-state index in [1.165, 1.54) is 4.88 Å². The first-order valence-electron chi connectivity index (χ1n) is 7.99. The van der Waals surface area contributed by atoms with Gasteiger partial charge in [-0.2, -0.15) is 0 Å². The van der Waals surface area contributed by atoms with E-state index in [0.29, 0.717) is 18.3 Å². The molecular weight excluding hydrogens is 340 g/mol. The van der Waals surface area contributed by atoms with Crippen molar-refractivity contribution in [2.45, 2.75) is 19.9 Å². The van der Waals surface area contributed by atoms with Gasteiger partial charge in [-0.15, -0.1) is 11.3 Å². The predicted octanol–water partition coefficient (Wildman–Crippen LogP) is 4.55. The van der Waals surface area contributed by atoms with E-state index < -0.39 is 0 Å². The fourth-order valence-electron chi connectivity index (χ4n) is 2.38. The molecule has 0 saturated heterocycles. The molecule has 1 atom stereocenters. The first-order valence-corrected chi connectivity index (χ1v) is 9.28. The fraction of sp³-hybridized carbons (Fsp3) is 0.389. The van der Waals surface area contributed by atoms with E-state index in [2.05, 4.69) is 34.7 Å². The van der Waals surface area contributed by atoms with Crippen LogP contribution in [0, 0.1) is 0 Å². The van der Waals surface area contributed by atoms with E-state index in [1.807, 2.05) is 31.2 Å². The number of hydrogen-bond donors (Lipinski definition) is 1. The van der Waals surface area contributed by atoms with E-state index in [0.717, 1.165) is 18.0 Å². The minimum absolute atomic E-state index is 0.180. The van der Waals surface area contributed by atoms with Gasteiger partial charge in [0, 0.05) is 18.5 Å². The first-order chi connectivity index (χ1) is 11.7. The van der Waals surface area contributed by atoms with Gasteiger partial charge in [0.1, 0.15) is 5.75 Å². The van der Waals surface area contributed by atoms with Crippen LogP contribution < -0.4 is 10.1 Å². The molecule has 2 aromatic rings. The lowest BCUT2D eigenvalue weighted by Crippen LogP contribution is -2.38. The number of methoxy groups -OCH3 is 1. The molecule has 6 heteroatoms. The average molecular weight is 365 g/mol. The molecule has 0 aliphatic rings. The molecule has 0 saturated carbocycles. The zero-order valence-electron chi connectivity index (χ0n) is 14.3. The van der Waals surface area contributed by atoms with Gasteiger partial charge >= 0.3 is 0 Å². The molecule has 0 radical (unpaired) electrons. The summed E-state index contributed by atoms with van der Waals surface area (Å²) in [5, 5.41) is 6.08. The Morgan fingerprint density at radius 3 is 2.75 bits per heavy atom. The standard InChI is InChI=1S/C18H24N2O2S2/c1-4-22-16-9-6-5-8-15(16)19-18(23)20(11-12-21-3)14(2)17-10-7-13-24-17/h5-10,13-14H,4,11-12H2,1-3H3,(H,19,23)/t14-/m1/s1. The van der Waals surface area contributed by atoms with Crippen LogP contribution in [0.4, 0.5) is 5.69 Å². The van der Waals surface area contributed by atoms with Crippen LogP contribution in [0.2, 0.25) is 0 Å². The third-order valence-electron chi connectivity index (χ3n) is 3.65. The molecule has 0 fully saturated rings. The maximum absolute atomic E-state index is 5.67. The summed E-state index contributed by atoms with van der Waals surface area (Å²) in [5.74, 6) is 0.804. The summed E-state index contributed by atoms with van der Waals surface area (Å²) in [6.07, 6.45) is 0. The summed E-state index contributed by atoms with van der Waals surface area (Å²) >= 11 is 7.41. The van der Waals surface area contributed by atoms with Gasteiger partial charge in [-0.05, 0) is 49.6 Å². The molecular formula is C18H24N2O2S2. The zero-order chi connectivity index (χ0) is 17.4. The molecule has 1 N–H and O–H groups in total. The van der Waals surface area contributed by atoms with Gasteiger partial charge in [0.2, 0.25) is 0 Å². The van der Waals surface area contributed by atoms with Crippen molar-refractivity contribution in [3.63, 3.8) is 0 Å². The van der Waals surface area contributed by atoms with Crippen molar-refractivity contribution in [3.05, 3.63) is 46.7 Å². The summed E-state index contributed by atoms with van der Waals surface area (Å²) in [6.45, 7) is 6.08. The van der Waals surface area contributed by atoms with Gasteiger partial charge in [-0.3, -0.25) is 0 Å². The number of anilines is 1. The maximum Gasteiger partial charge on any atom is 0.174 e. The second-order valence-corrected chi connectivity index (χ2v) is 6.60. The van der Waals surface area contributed by atoms with Gasteiger partial charge in [-0.25, -0.2) is 0 Å². The van der Waals surface area contributed by atoms with Crippen LogP contribution in [0.5, 0.6) is 5.75 Å². The van der Waals surface area contributed by atoms with Gasteiger partial charge < -0.3 is 19.7 Å². The number of thiophene rings is 1. The largest absolute Gasteiger partial charge is 0.492 e. The number of nitrogens with one attached hydrogen (secondary N) is 1. The van der Waals surface area contributed by atoms with Crippen LogP contribution in [-0.2, 0) is 4.74 Å². The van der Waals surface area contributed by atoms with Crippen LogP contribution in [-0.4, -0.2) is 36.9 Å². The normalized spacial score (nSPS) is 11.8. The Balaban J connectivity index is 2.15. The lowest BCUT2D eigenvalue weighted by Gasteiger charge is -2.31. The third-order valence-corrected chi connectivity index (χ3v) is 5.03. The van der Waals surface area contributed by atoms with Crippen molar-refractivity contribution in [1.82, 2.24) is 4.90 Å². The second-order valence-electron chi connectivity index (χ2n) is 5.24. The summed E-state index contributed by atoms with van der Waals surface area (Å²) < 4.78 is 10.9. The summed E-state index contributed by atoms with van der Waals surface area (Å²) in [5.41, 5.74) is 0.880. The van der Waals surface area contributed by atoms with Gasteiger partial charge in [0.05, 0.1) is 24.9 Å². The zero-order valence-corrected chi connectivity index (χ0v) is 16.0. The molecule has 0 aliphatic heterocycles. The van der Waals surface area contributed by atoms with Gasteiger partial charge in [-0.1, -0.05) is 18.2 Å². The Morgan fingerprint density at radius 2 is 2.08 bits per heavy atom. The molecule has 0 unspecified atom stereocenters. The van der Waals surface area contributed by atoms with E-state index >= 15 is 0 Å². The first kappa shape index (κ1) is 18.7. The maximum atomic E-state index is 5.67. The number of ether oxygens (including phenoxy) is 2. The number of rotatable bonds is 8. The van der Waals surface area contributed by atoms with Crippen molar-refractivity contribution in [2.24, 2.45) is 0 Å². The summed E-state index contributed by atoms with van der Waals surface area (Å²) in [4.78, 5) is 3.42. The molecule has 1 heterocycles. The van der Waals surface area contributed by atoms with Crippen molar-refractivity contribution in [1.29, 1.82) is 0 Å². The fourth-order valence-corrected chi connectivity index (χ4v) is 3.54. The monoisotopic (exact) mass is 364 g/mol. The second kappa shape index (κ2) is 9.61. The lowest BCUT2D eigenvalue weighted by molar-refractivity contribution is 0.166. The smallest absolute Gasteiger partial charge is 0.174 e. The molecule has 0 bridgehead atoms. The predicted molar refractivity (Wildman–Crippen MR) is 105 cm³/mol. The molecule has 0 aliphatic carbocycles. The van der Waals surface area contributed by atoms with Crippen LogP contribution in [0.25, 0.3) is 0 Å². The topological polar surface area (TPSA) is 33.7 Å². The Labute approximate surface area is 153 Å². The number of benzene rings is 1. The van der Waals surface area contributed by atoms with Gasteiger partial charge in [0.15, 0.2) is 5.11 Å². The highest BCUT2D eigenvalue weighted by atomic mass is 32.1. The summed E-state index contributed by atoms with van der Waals surface area (Å²) in [6, 6.07) is 12.2. The third kappa shape index (κ3) is 4.93. The van der Waals surface area contributed by atoms with Crippen LogP contribution in [0.1, 0.15) is 24.8 Å². The number of para-hydroxylation sites is 2. The Kier molecular flexibility index (Phi) is 7.49. The van der Waals surface area contributed by atoms with Crippen molar-refractivity contribution < 1.29 is 9.47 Å².